The first-order valence-electron chi connectivity index (χ1n) is 6.69. The number of methoxy groups -OCH3 is 1. The Balaban J connectivity index is 1.88. The van der Waals surface area contributed by atoms with Crippen molar-refractivity contribution in [2.75, 3.05) is 20.3 Å². The van der Waals surface area contributed by atoms with Gasteiger partial charge in [-0.1, -0.05) is 12.1 Å². The lowest BCUT2D eigenvalue weighted by molar-refractivity contribution is 0.105. The van der Waals surface area contributed by atoms with Gasteiger partial charge in [-0.2, -0.15) is 0 Å². The lowest BCUT2D eigenvalue weighted by atomic mass is 10.0. The number of ether oxygens (including phenoxy) is 2. The molecule has 3 atom stereocenters. The Morgan fingerprint density at radius 3 is 3.00 bits per heavy atom. The van der Waals surface area contributed by atoms with Gasteiger partial charge in [0.1, 0.15) is 5.75 Å². The van der Waals surface area contributed by atoms with E-state index in [0.29, 0.717) is 18.1 Å². The maximum atomic E-state index is 5.58. The zero-order valence-corrected chi connectivity index (χ0v) is 11.5. The highest BCUT2D eigenvalue weighted by molar-refractivity contribution is 5.30. The predicted molar refractivity (Wildman–Crippen MR) is 72.9 cm³/mol. The van der Waals surface area contributed by atoms with Crippen molar-refractivity contribution in [3.63, 3.8) is 0 Å². The third kappa shape index (κ3) is 3.24. The summed E-state index contributed by atoms with van der Waals surface area (Å²) in [5, 5.41) is 3.59. The summed E-state index contributed by atoms with van der Waals surface area (Å²) in [5.41, 5.74) is 1.26. The van der Waals surface area contributed by atoms with Crippen molar-refractivity contribution >= 4 is 0 Å². The fourth-order valence-corrected chi connectivity index (χ4v) is 2.40. The minimum atomic E-state index is 0.341. The quantitative estimate of drug-likeness (QED) is 0.870. The normalized spacial score (nSPS) is 25.1. The zero-order chi connectivity index (χ0) is 13.0. The third-order valence-corrected chi connectivity index (χ3v) is 3.81. The van der Waals surface area contributed by atoms with E-state index in [2.05, 4.69) is 31.3 Å². The summed E-state index contributed by atoms with van der Waals surface area (Å²) in [7, 11) is 1.70. The Hall–Kier alpha value is -1.06. The van der Waals surface area contributed by atoms with E-state index in [-0.39, 0.29) is 0 Å². The van der Waals surface area contributed by atoms with Gasteiger partial charge < -0.3 is 14.8 Å². The summed E-state index contributed by atoms with van der Waals surface area (Å²) in [5.74, 6) is 1.55. The molecule has 0 radical (unpaired) electrons. The van der Waals surface area contributed by atoms with Gasteiger partial charge in [0, 0.05) is 19.2 Å². The van der Waals surface area contributed by atoms with Crippen molar-refractivity contribution in [3.05, 3.63) is 29.8 Å². The fourth-order valence-electron chi connectivity index (χ4n) is 2.40. The number of nitrogens with one attached hydrogen (secondary N) is 1. The molecule has 100 valence electrons. The van der Waals surface area contributed by atoms with Gasteiger partial charge in [-0.3, -0.25) is 0 Å². The second kappa shape index (κ2) is 6.21. The number of rotatable bonds is 5. The first-order valence-corrected chi connectivity index (χ1v) is 6.69. The van der Waals surface area contributed by atoms with Crippen LogP contribution in [0, 0.1) is 5.92 Å². The molecular weight excluding hydrogens is 226 g/mol. The SMILES string of the molecule is COc1cccc(C(C)NCC2CCOC2C)c1. The van der Waals surface area contributed by atoms with Crippen molar-refractivity contribution < 1.29 is 9.47 Å². The van der Waals surface area contributed by atoms with Gasteiger partial charge in [0.2, 0.25) is 0 Å². The number of hydrogen-bond donors (Lipinski definition) is 1. The summed E-state index contributed by atoms with van der Waals surface area (Å²) >= 11 is 0. The Morgan fingerprint density at radius 2 is 2.33 bits per heavy atom. The van der Waals surface area contributed by atoms with Gasteiger partial charge in [0.25, 0.3) is 0 Å². The molecule has 3 unspecified atom stereocenters. The molecule has 1 aliphatic heterocycles. The zero-order valence-electron chi connectivity index (χ0n) is 11.5. The lowest BCUT2D eigenvalue weighted by Gasteiger charge is -2.19. The van der Waals surface area contributed by atoms with Crippen LogP contribution in [0.3, 0.4) is 0 Å². The van der Waals surface area contributed by atoms with E-state index in [0.717, 1.165) is 18.9 Å². The average molecular weight is 249 g/mol. The topological polar surface area (TPSA) is 30.5 Å². The summed E-state index contributed by atoms with van der Waals surface area (Å²) in [6.45, 7) is 6.27. The Labute approximate surface area is 109 Å². The maximum Gasteiger partial charge on any atom is 0.119 e. The van der Waals surface area contributed by atoms with Gasteiger partial charge in [0.15, 0.2) is 0 Å². The van der Waals surface area contributed by atoms with E-state index >= 15 is 0 Å². The molecular formula is C15H23NO2. The van der Waals surface area contributed by atoms with Crippen LogP contribution in [0.15, 0.2) is 24.3 Å². The van der Waals surface area contributed by atoms with E-state index in [9.17, 15) is 0 Å². The molecule has 3 nitrogen and oxygen atoms in total. The van der Waals surface area contributed by atoms with Crippen LogP contribution in [0.4, 0.5) is 0 Å². The van der Waals surface area contributed by atoms with E-state index < -0.39 is 0 Å². The first kappa shape index (κ1) is 13.4. The highest BCUT2D eigenvalue weighted by atomic mass is 16.5. The monoisotopic (exact) mass is 249 g/mol. The molecule has 2 rings (SSSR count). The molecule has 1 N–H and O–H groups in total. The molecule has 0 aliphatic carbocycles. The van der Waals surface area contributed by atoms with E-state index in [4.69, 9.17) is 9.47 Å². The van der Waals surface area contributed by atoms with Crippen LogP contribution in [-0.4, -0.2) is 26.4 Å². The highest BCUT2D eigenvalue weighted by Gasteiger charge is 2.24. The molecule has 0 amide bonds. The number of hydrogen-bond acceptors (Lipinski definition) is 3. The molecule has 0 saturated carbocycles. The summed E-state index contributed by atoms with van der Waals surface area (Å²) in [6, 6.07) is 8.57. The second-order valence-corrected chi connectivity index (χ2v) is 5.03. The average Bonchev–Trinajstić information content (AvgIpc) is 2.81. The molecule has 1 saturated heterocycles. The molecule has 18 heavy (non-hydrogen) atoms. The molecule has 3 heteroatoms. The minimum absolute atomic E-state index is 0.341. The van der Waals surface area contributed by atoms with Crippen LogP contribution in [0.25, 0.3) is 0 Å². The van der Waals surface area contributed by atoms with Crippen LogP contribution < -0.4 is 10.1 Å². The molecule has 1 fully saturated rings. The molecule has 1 aromatic rings. The Kier molecular flexibility index (Phi) is 4.61. The van der Waals surface area contributed by atoms with Crippen molar-refractivity contribution in [1.82, 2.24) is 5.32 Å². The van der Waals surface area contributed by atoms with Crippen LogP contribution in [-0.2, 0) is 4.74 Å². The van der Waals surface area contributed by atoms with Crippen molar-refractivity contribution in [1.29, 1.82) is 0 Å². The number of benzene rings is 1. The molecule has 0 spiro atoms. The van der Waals surface area contributed by atoms with Gasteiger partial charge in [-0.05, 0) is 43.9 Å². The summed E-state index contributed by atoms with van der Waals surface area (Å²) in [6.07, 6.45) is 1.55. The van der Waals surface area contributed by atoms with Crippen LogP contribution >= 0.6 is 0 Å². The van der Waals surface area contributed by atoms with Crippen molar-refractivity contribution in [2.24, 2.45) is 5.92 Å². The van der Waals surface area contributed by atoms with Gasteiger partial charge in [-0.15, -0.1) is 0 Å². The van der Waals surface area contributed by atoms with Crippen LogP contribution in [0.1, 0.15) is 31.9 Å². The molecule has 0 aromatic heterocycles. The molecule has 1 heterocycles. The fraction of sp³-hybridized carbons (Fsp3) is 0.600. The van der Waals surface area contributed by atoms with Crippen LogP contribution in [0.2, 0.25) is 0 Å². The largest absolute Gasteiger partial charge is 0.497 e. The first-order chi connectivity index (χ1) is 8.70. The predicted octanol–water partition coefficient (Wildman–Crippen LogP) is 2.77. The Bertz CT molecular complexity index is 381. The van der Waals surface area contributed by atoms with Crippen LogP contribution in [0.5, 0.6) is 5.75 Å². The van der Waals surface area contributed by atoms with Crippen molar-refractivity contribution in [3.8, 4) is 5.75 Å². The second-order valence-electron chi connectivity index (χ2n) is 5.03. The third-order valence-electron chi connectivity index (χ3n) is 3.81. The lowest BCUT2D eigenvalue weighted by Crippen LogP contribution is -2.29. The van der Waals surface area contributed by atoms with E-state index in [1.807, 2.05) is 12.1 Å². The standard InChI is InChI=1S/C15H23NO2/c1-11(13-5-4-6-15(9-13)17-3)16-10-14-7-8-18-12(14)2/h4-6,9,11-12,14,16H,7-8,10H2,1-3H3. The highest BCUT2D eigenvalue weighted by Crippen LogP contribution is 2.22. The minimum Gasteiger partial charge on any atom is -0.497 e. The maximum absolute atomic E-state index is 5.58. The molecule has 1 aromatic carbocycles. The van der Waals surface area contributed by atoms with Gasteiger partial charge in [-0.25, -0.2) is 0 Å². The van der Waals surface area contributed by atoms with Gasteiger partial charge >= 0.3 is 0 Å². The smallest absolute Gasteiger partial charge is 0.119 e. The van der Waals surface area contributed by atoms with E-state index in [1.54, 1.807) is 7.11 Å². The summed E-state index contributed by atoms with van der Waals surface area (Å²) < 4.78 is 10.8. The molecule has 0 bridgehead atoms. The van der Waals surface area contributed by atoms with Gasteiger partial charge in [0.05, 0.1) is 13.2 Å². The molecule has 1 aliphatic rings. The summed E-state index contributed by atoms with van der Waals surface area (Å²) in [4.78, 5) is 0. The van der Waals surface area contributed by atoms with E-state index in [1.165, 1.54) is 12.0 Å². The van der Waals surface area contributed by atoms with Crippen molar-refractivity contribution in [2.45, 2.75) is 32.4 Å². The Morgan fingerprint density at radius 1 is 1.50 bits per heavy atom.